The lowest BCUT2D eigenvalue weighted by Gasteiger charge is -2.26. The molecule has 1 N–H and O–H groups in total. The molecule has 2 bridgehead atoms. The second kappa shape index (κ2) is 1.69. The number of aliphatic carboxylic acids is 1. The van der Waals surface area contributed by atoms with Gasteiger partial charge in [-0.1, -0.05) is 0 Å². The van der Waals surface area contributed by atoms with Gasteiger partial charge < -0.3 is 9.84 Å². The molecule has 0 radical (unpaired) electrons. The fraction of sp³-hybridized carbons (Fsp3) is 0.889. The van der Waals surface area contributed by atoms with E-state index in [-0.39, 0.29) is 0 Å². The van der Waals surface area contributed by atoms with Gasteiger partial charge in [-0.25, -0.2) is 0 Å². The van der Waals surface area contributed by atoms with Crippen LogP contribution in [0.4, 0.5) is 0 Å². The Kier molecular flexibility index (Phi) is 0.971. The Labute approximate surface area is 70.7 Å². The highest BCUT2D eigenvalue weighted by molar-refractivity contribution is 5.75. The first kappa shape index (κ1) is 6.89. The molecule has 3 rings (SSSR count). The molecule has 5 atom stereocenters. The normalized spacial score (nSPS) is 60.1. The van der Waals surface area contributed by atoms with E-state index in [0.29, 0.717) is 24.0 Å². The molecule has 0 spiro atoms. The maximum Gasteiger partial charge on any atom is 0.309 e. The molecule has 3 fully saturated rings. The van der Waals surface area contributed by atoms with Crippen molar-refractivity contribution < 1.29 is 14.6 Å². The van der Waals surface area contributed by atoms with E-state index < -0.39 is 11.4 Å². The van der Waals surface area contributed by atoms with E-state index in [1.54, 1.807) is 0 Å². The van der Waals surface area contributed by atoms with Gasteiger partial charge in [-0.05, 0) is 25.7 Å². The van der Waals surface area contributed by atoms with Gasteiger partial charge in [0.15, 0.2) is 0 Å². The Morgan fingerprint density at radius 3 is 2.83 bits per heavy atom. The number of carbonyl (C=O) groups is 1. The zero-order chi connectivity index (χ0) is 8.51. The number of hydrogen-bond donors (Lipinski definition) is 1. The molecule has 66 valence electrons. The highest BCUT2D eigenvalue weighted by atomic mass is 16.6. The van der Waals surface area contributed by atoms with Crippen LogP contribution in [0.15, 0.2) is 0 Å². The first-order valence-corrected chi connectivity index (χ1v) is 4.52. The van der Waals surface area contributed by atoms with Gasteiger partial charge in [-0.15, -0.1) is 0 Å². The van der Waals surface area contributed by atoms with E-state index in [4.69, 9.17) is 9.84 Å². The Hall–Kier alpha value is -0.570. The van der Waals surface area contributed by atoms with Crippen LogP contribution < -0.4 is 0 Å². The summed E-state index contributed by atoms with van der Waals surface area (Å²) in [5.74, 6) is 0.204. The standard InChI is InChI=1S/C9H12O3/c1-9(8(10)11)3-4-2-5(9)7-6(4)12-7/h4-7H,2-3H2,1H3,(H,10,11)/t4-,5+,6-,7+,9+/m0/s1. The predicted molar refractivity (Wildman–Crippen MR) is 40.6 cm³/mol. The average molecular weight is 168 g/mol. The van der Waals surface area contributed by atoms with E-state index in [0.717, 1.165) is 12.8 Å². The number of hydrogen-bond acceptors (Lipinski definition) is 2. The van der Waals surface area contributed by atoms with E-state index in [2.05, 4.69) is 0 Å². The van der Waals surface area contributed by atoms with Crippen molar-refractivity contribution in [3.05, 3.63) is 0 Å². The monoisotopic (exact) mass is 168 g/mol. The third kappa shape index (κ3) is 0.565. The minimum Gasteiger partial charge on any atom is -0.481 e. The van der Waals surface area contributed by atoms with Crippen LogP contribution in [0.3, 0.4) is 0 Å². The summed E-state index contributed by atoms with van der Waals surface area (Å²) in [7, 11) is 0. The van der Waals surface area contributed by atoms with Gasteiger partial charge in [0.25, 0.3) is 0 Å². The van der Waals surface area contributed by atoms with Crippen molar-refractivity contribution in [3.63, 3.8) is 0 Å². The van der Waals surface area contributed by atoms with Crippen molar-refractivity contribution in [1.82, 2.24) is 0 Å². The van der Waals surface area contributed by atoms with E-state index in [9.17, 15) is 4.79 Å². The number of carboxylic acids is 1. The molecule has 0 amide bonds. The molecule has 0 unspecified atom stereocenters. The van der Waals surface area contributed by atoms with Crippen molar-refractivity contribution >= 4 is 5.97 Å². The summed E-state index contributed by atoms with van der Waals surface area (Å²) in [4.78, 5) is 11.0. The lowest BCUT2D eigenvalue weighted by Crippen LogP contribution is -2.36. The van der Waals surface area contributed by atoms with Crippen molar-refractivity contribution in [2.75, 3.05) is 0 Å². The molecule has 1 heterocycles. The van der Waals surface area contributed by atoms with Crippen LogP contribution in [-0.2, 0) is 9.53 Å². The lowest BCUT2D eigenvalue weighted by molar-refractivity contribution is -0.150. The number of ether oxygens (including phenoxy) is 1. The molecular weight excluding hydrogens is 156 g/mol. The molecule has 12 heavy (non-hydrogen) atoms. The fourth-order valence-electron chi connectivity index (χ4n) is 3.20. The van der Waals surface area contributed by atoms with Crippen LogP contribution in [0.1, 0.15) is 19.8 Å². The van der Waals surface area contributed by atoms with Gasteiger partial charge >= 0.3 is 5.97 Å². The van der Waals surface area contributed by atoms with Crippen LogP contribution in [0.2, 0.25) is 0 Å². The fourth-order valence-corrected chi connectivity index (χ4v) is 3.20. The number of carboxylic acid groups (broad SMARTS) is 1. The Morgan fingerprint density at radius 2 is 2.33 bits per heavy atom. The highest BCUT2D eigenvalue weighted by Gasteiger charge is 2.69. The minimum absolute atomic E-state index is 0.296. The molecule has 0 aromatic heterocycles. The lowest BCUT2D eigenvalue weighted by atomic mass is 9.75. The molecule has 1 saturated heterocycles. The van der Waals surface area contributed by atoms with E-state index >= 15 is 0 Å². The van der Waals surface area contributed by atoms with Crippen LogP contribution in [0.25, 0.3) is 0 Å². The van der Waals surface area contributed by atoms with Gasteiger partial charge in [-0.2, -0.15) is 0 Å². The quantitative estimate of drug-likeness (QED) is 0.591. The first-order valence-electron chi connectivity index (χ1n) is 4.52. The summed E-state index contributed by atoms with van der Waals surface area (Å²) in [5, 5.41) is 9.08. The summed E-state index contributed by atoms with van der Waals surface area (Å²) >= 11 is 0. The summed E-state index contributed by atoms with van der Waals surface area (Å²) in [5.41, 5.74) is -0.484. The third-order valence-electron chi connectivity index (χ3n) is 3.97. The molecule has 3 heteroatoms. The smallest absolute Gasteiger partial charge is 0.309 e. The van der Waals surface area contributed by atoms with Gasteiger partial charge in [0.2, 0.25) is 0 Å². The second-order valence-corrected chi connectivity index (χ2v) is 4.59. The van der Waals surface area contributed by atoms with Crippen LogP contribution in [0, 0.1) is 17.3 Å². The van der Waals surface area contributed by atoms with Crippen molar-refractivity contribution in [3.8, 4) is 0 Å². The zero-order valence-corrected chi connectivity index (χ0v) is 6.99. The summed E-state index contributed by atoms with van der Waals surface area (Å²) < 4.78 is 5.42. The molecule has 0 aromatic rings. The molecule has 2 saturated carbocycles. The SMILES string of the molecule is C[C@@]1(C(=O)O)C[C@@H]2C[C@@H]1[C@H]1O[C@@H]21. The number of epoxide rings is 1. The Morgan fingerprint density at radius 1 is 1.58 bits per heavy atom. The average Bonchev–Trinajstić information content (AvgIpc) is 2.64. The second-order valence-electron chi connectivity index (χ2n) is 4.59. The molecule has 0 aromatic carbocycles. The first-order chi connectivity index (χ1) is 5.63. The van der Waals surface area contributed by atoms with Gasteiger partial charge in [0.1, 0.15) is 0 Å². The topological polar surface area (TPSA) is 49.8 Å². The number of rotatable bonds is 1. The highest BCUT2D eigenvalue weighted by Crippen LogP contribution is 2.63. The van der Waals surface area contributed by atoms with E-state index in [1.807, 2.05) is 6.92 Å². The maximum absolute atomic E-state index is 11.0. The maximum atomic E-state index is 11.0. The molecule has 3 aliphatic rings. The summed E-state index contributed by atoms with van der Waals surface area (Å²) in [6.45, 7) is 1.87. The summed E-state index contributed by atoms with van der Waals surface area (Å²) in [6, 6.07) is 0. The van der Waals surface area contributed by atoms with Crippen molar-refractivity contribution in [2.24, 2.45) is 17.3 Å². The van der Waals surface area contributed by atoms with Crippen LogP contribution >= 0.6 is 0 Å². The van der Waals surface area contributed by atoms with E-state index in [1.165, 1.54) is 0 Å². The Balaban J connectivity index is 1.96. The Bertz CT molecular complexity index is 262. The molecular formula is C9H12O3. The van der Waals surface area contributed by atoms with Gasteiger partial charge in [0, 0.05) is 5.92 Å². The van der Waals surface area contributed by atoms with Gasteiger partial charge in [0.05, 0.1) is 17.6 Å². The molecule has 1 aliphatic heterocycles. The van der Waals surface area contributed by atoms with Gasteiger partial charge in [-0.3, -0.25) is 4.79 Å². The largest absolute Gasteiger partial charge is 0.481 e. The minimum atomic E-state index is -0.635. The zero-order valence-electron chi connectivity index (χ0n) is 6.99. The summed E-state index contributed by atoms with van der Waals surface area (Å²) in [6.07, 6.45) is 2.64. The van der Waals surface area contributed by atoms with Crippen molar-refractivity contribution in [1.29, 1.82) is 0 Å². The van der Waals surface area contributed by atoms with Crippen LogP contribution in [0.5, 0.6) is 0 Å². The van der Waals surface area contributed by atoms with Crippen molar-refractivity contribution in [2.45, 2.75) is 32.0 Å². The van der Waals surface area contributed by atoms with Crippen LogP contribution in [-0.4, -0.2) is 23.3 Å². The predicted octanol–water partition coefficient (Wildman–Crippen LogP) is 0.885. The molecule has 3 nitrogen and oxygen atoms in total. The molecule has 2 aliphatic carbocycles. The third-order valence-corrected chi connectivity index (χ3v) is 3.97. The number of fused-ring (bicyclic) bond motifs is 5.